The van der Waals surface area contributed by atoms with Gasteiger partial charge in [0.1, 0.15) is 10.7 Å². The molecule has 128 valence electrons. The van der Waals surface area contributed by atoms with Gasteiger partial charge in [0.2, 0.25) is 0 Å². The molecule has 0 aromatic carbocycles. The highest BCUT2D eigenvalue weighted by Gasteiger charge is 2.31. The van der Waals surface area contributed by atoms with Crippen LogP contribution in [0.4, 0.5) is 0 Å². The topological polar surface area (TPSA) is 46.1 Å². The number of hydrogen-bond acceptors (Lipinski definition) is 4. The number of thiophene rings is 1. The summed E-state index contributed by atoms with van der Waals surface area (Å²) in [4.78, 5) is 26.7. The standard InChI is InChI=1S/C19H25N3OS/c1-4-14-7-5-6-10-22(14)19(23)16-11(2)15-12(3)20-17(13-8-9-13)21-18(15)24-16/h13-14H,4-10H2,1-3H3. The molecule has 1 unspecified atom stereocenters. The van der Waals surface area contributed by atoms with Crippen molar-refractivity contribution < 1.29 is 4.79 Å². The first kappa shape index (κ1) is 16.0. The molecule has 0 spiro atoms. The molecule has 5 heteroatoms. The first-order chi connectivity index (χ1) is 11.6. The van der Waals surface area contributed by atoms with Crippen molar-refractivity contribution in [3.8, 4) is 0 Å². The highest BCUT2D eigenvalue weighted by Crippen LogP contribution is 2.40. The monoisotopic (exact) mass is 343 g/mol. The summed E-state index contributed by atoms with van der Waals surface area (Å²) in [6, 6.07) is 0.394. The number of aromatic nitrogens is 2. The van der Waals surface area contributed by atoms with Crippen molar-refractivity contribution in [2.45, 2.75) is 71.3 Å². The van der Waals surface area contributed by atoms with Gasteiger partial charge in [-0.15, -0.1) is 11.3 Å². The molecule has 1 atom stereocenters. The zero-order chi connectivity index (χ0) is 16.8. The second kappa shape index (κ2) is 6.10. The maximum atomic E-state index is 13.2. The van der Waals surface area contributed by atoms with E-state index in [4.69, 9.17) is 9.97 Å². The second-order valence-electron chi connectivity index (χ2n) is 7.23. The normalized spacial score (nSPS) is 21.5. The third-order valence-electron chi connectivity index (χ3n) is 5.48. The van der Waals surface area contributed by atoms with Crippen LogP contribution in [0.5, 0.6) is 0 Å². The first-order valence-corrected chi connectivity index (χ1v) is 10.0. The molecule has 2 fully saturated rings. The largest absolute Gasteiger partial charge is 0.335 e. The van der Waals surface area contributed by atoms with Crippen molar-refractivity contribution >= 4 is 27.5 Å². The van der Waals surface area contributed by atoms with Gasteiger partial charge in [-0.3, -0.25) is 4.79 Å². The first-order valence-electron chi connectivity index (χ1n) is 9.18. The fourth-order valence-corrected chi connectivity index (χ4v) is 5.11. The van der Waals surface area contributed by atoms with E-state index in [1.165, 1.54) is 19.3 Å². The maximum absolute atomic E-state index is 13.2. The van der Waals surface area contributed by atoms with Crippen LogP contribution in [0.25, 0.3) is 10.2 Å². The Labute approximate surface area is 147 Å². The summed E-state index contributed by atoms with van der Waals surface area (Å²) in [5.74, 6) is 1.72. The Hall–Kier alpha value is -1.49. The van der Waals surface area contributed by atoms with E-state index in [1.807, 2.05) is 0 Å². The number of carbonyl (C=O) groups excluding carboxylic acids is 1. The predicted molar refractivity (Wildman–Crippen MR) is 97.8 cm³/mol. The molecule has 1 aliphatic heterocycles. The minimum Gasteiger partial charge on any atom is -0.335 e. The van der Waals surface area contributed by atoms with E-state index in [-0.39, 0.29) is 5.91 Å². The van der Waals surface area contributed by atoms with Crippen LogP contribution >= 0.6 is 11.3 Å². The second-order valence-corrected chi connectivity index (χ2v) is 8.23. The summed E-state index contributed by atoms with van der Waals surface area (Å²) >= 11 is 1.57. The van der Waals surface area contributed by atoms with Crippen LogP contribution in [0.3, 0.4) is 0 Å². The molecule has 1 aliphatic carbocycles. The summed E-state index contributed by atoms with van der Waals surface area (Å²) in [5.41, 5.74) is 2.10. The number of nitrogens with zero attached hydrogens (tertiary/aromatic N) is 3. The number of rotatable bonds is 3. The van der Waals surface area contributed by atoms with Crippen molar-refractivity contribution in [3.63, 3.8) is 0 Å². The molecule has 2 aliphatic rings. The Morgan fingerprint density at radius 3 is 2.71 bits per heavy atom. The van der Waals surface area contributed by atoms with Crippen LogP contribution in [0.15, 0.2) is 0 Å². The molecule has 0 radical (unpaired) electrons. The van der Waals surface area contributed by atoms with Crippen molar-refractivity contribution in [1.82, 2.24) is 14.9 Å². The molecule has 1 amide bonds. The quantitative estimate of drug-likeness (QED) is 0.819. The molecular weight excluding hydrogens is 318 g/mol. The molecule has 0 N–H and O–H groups in total. The van der Waals surface area contributed by atoms with Gasteiger partial charge in [0.05, 0.1) is 10.6 Å². The van der Waals surface area contributed by atoms with Crippen LogP contribution in [0, 0.1) is 13.8 Å². The summed E-state index contributed by atoms with van der Waals surface area (Å²) < 4.78 is 0. The van der Waals surface area contributed by atoms with Crippen molar-refractivity contribution in [2.75, 3.05) is 6.54 Å². The molecule has 0 bridgehead atoms. The fourth-order valence-electron chi connectivity index (χ4n) is 3.91. The summed E-state index contributed by atoms with van der Waals surface area (Å²) in [5, 5.41) is 1.10. The van der Waals surface area contributed by atoms with Crippen LogP contribution in [0.1, 0.15) is 78.1 Å². The Morgan fingerprint density at radius 2 is 2.00 bits per heavy atom. The lowest BCUT2D eigenvalue weighted by Gasteiger charge is -2.35. The van der Waals surface area contributed by atoms with E-state index in [9.17, 15) is 4.79 Å². The van der Waals surface area contributed by atoms with Crippen molar-refractivity contribution in [1.29, 1.82) is 0 Å². The van der Waals surface area contributed by atoms with Gasteiger partial charge in [0, 0.05) is 23.9 Å². The maximum Gasteiger partial charge on any atom is 0.264 e. The van der Waals surface area contributed by atoms with Gasteiger partial charge in [-0.05, 0) is 57.9 Å². The van der Waals surface area contributed by atoms with E-state index in [0.29, 0.717) is 12.0 Å². The van der Waals surface area contributed by atoms with Gasteiger partial charge in [-0.1, -0.05) is 6.92 Å². The number of piperidine rings is 1. The molecule has 4 nitrogen and oxygen atoms in total. The Morgan fingerprint density at radius 1 is 1.21 bits per heavy atom. The zero-order valence-corrected chi connectivity index (χ0v) is 15.6. The molecule has 1 saturated heterocycles. The average Bonchev–Trinajstić information content (AvgIpc) is 3.38. The van der Waals surface area contributed by atoms with E-state index in [2.05, 4.69) is 25.7 Å². The third kappa shape index (κ3) is 2.63. The van der Waals surface area contributed by atoms with Crippen LogP contribution in [-0.4, -0.2) is 33.4 Å². The van der Waals surface area contributed by atoms with Crippen LogP contribution in [0.2, 0.25) is 0 Å². The Balaban J connectivity index is 1.74. The van der Waals surface area contributed by atoms with E-state index < -0.39 is 0 Å². The highest BCUT2D eigenvalue weighted by molar-refractivity contribution is 7.20. The molecule has 3 heterocycles. The number of amides is 1. The molecule has 24 heavy (non-hydrogen) atoms. The minimum atomic E-state index is 0.203. The van der Waals surface area contributed by atoms with E-state index in [1.54, 1.807) is 11.3 Å². The average molecular weight is 343 g/mol. The number of aryl methyl sites for hydroxylation is 2. The van der Waals surface area contributed by atoms with Gasteiger partial charge >= 0.3 is 0 Å². The molecule has 4 rings (SSSR count). The van der Waals surface area contributed by atoms with Gasteiger partial charge < -0.3 is 4.90 Å². The summed E-state index contributed by atoms with van der Waals surface area (Å²) in [6.45, 7) is 7.19. The van der Waals surface area contributed by atoms with Gasteiger partial charge in [-0.25, -0.2) is 9.97 Å². The van der Waals surface area contributed by atoms with Gasteiger partial charge in [0.15, 0.2) is 0 Å². The smallest absolute Gasteiger partial charge is 0.264 e. The van der Waals surface area contributed by atoms with Crippen LogP contribution in [-0.2, 0) is 0 Å². The minimum absolute atomic E-state index is 0.203. The highest BCUT2D eigenvalue weighted by atomic mass is 32.1. The SMILES string of the molecule is CCC1CCCCN1C(=O)c1sc2nc(C3CC3)nc(C)c2c1C. The van der Waals surface area contributed by atoms with E-state index >= 15 is 0 Å². The zero-order valence-electron chi connectivity index (χ0n) is 14.8. The lowest BCUT2D eigenvalue weighted by Crippen LogP contribution is -2.43. The van der Waals surface area contributed by atoms with Crippen LogP contribution < -0.4 is 0 Å². The van der Waals surface area contributed by atoms with Gasteiger partial charge in [0.25, 0.3) is 5.91 Å². The Bertz CT molecular complexity index is 793. The van der Waals surface area contributed by atoms with E-state index in [0.717, 1.165) is 58.0 Å². The third-order valence-corrected chi connectivity index (χ3v) is 6.66. The van der Waals surface area contributed by atoms with Gasteiger partial charge in [-0.2, -0.15) is 0 Å². The summed E-state index contributed by atoms with van der Waals surface area (Å²) in [7, 11) is 0. The lowest BCUT2D eigenvalue weighted by molar-refractivity contribution is 0.0612. The number of fused-ring (bicyclic) bond motifs is 1. The number of hydrogen-bond donors (Lipinski definition) is 0. The molecule has 2 aromatic rings. The predicted octanol–water partition coefficient (Wildman–Crippen LogP) is 4.59. The number of carbonyl (C=O) groups is 1. The Kier molecular flexibility index (Phi) is 4.07. The number of likely N-dealkylation sites (tertiary alicyclic amines) is 1. The van der Waals surface area contributed by atoms with Crippen molar-refractivity contribution in [3.05, 3.63) is 22.0 Å². The summed E-state index contributed by atoms with van der Waals surface area (Å²) in [6.07, 6.45) is 6.94. The lowest BCUT2D eigenvalue weighted by atomic mass is 9.99. The van der Waals surface area contributed by atoms with Crippen molar-refractivity contribution in [2.24, 2.45) is 0 Å². The molecule has 2 aromatic heterocycles. The fraction of sp³-hybridized carbons (Fsp3) is 0.632. The molecular formula is C19H25N3OS. The molecule has 1 saturated carbocycles.